The van der Waals surface area contributed by atoms with Crippen LogP contribution in [0.4, 0.5) is 34.5 Å². The summed E-state index contributed by atoms with van der Waals surface area (Å²) in [6.45, 7) is 3.51. The third-order valence-corrected chi connectivity index (χ3v) is 4.67. The lowest BCUT2D eigenvalue weighted by molar-refractivity contribution is -0.114. The molecule has 0 aliphatic rings. The minimum absolute atomic E-state index is 0.0701. The van der Waals surface area contributed by atoms with Crippen molar-refractivity contribution in [2.75, 3.05) is 34.9 Å². The lowest BCUT2D eigenvalue weighted by Crippen LogP contribution is -2.08. The van der Waals surface area contributed by atoms with Gasteiger partial charge in [-0.3, -0.25) is 4.79 Å². The number of aryl methyl sites for hydroxylation is 1. The number of nitrogens with one attached hydrogen (secondary N) is 3. The number of nitrogens with zero attached hydrogens (tertiary/aromatic N) is 4. The largest absolute Gasteiger partial charge is 0.490 e. The zero-order valence-corrected chi connectivity index (χ0v) is 18.2. The minimum atomic E-state index is -0.146. The number of aliphatic hydroxyl groups is 1. The van der Waals surface area contributed by atoms with Gasteiger partial charge in [0.05, 0.1) is 24.7 Å². The smallest absolute Gasteiger partial charge is 0.221 e. The molecule has 11 nitrogen and oxygen atoms in total. The number of nitrogen functional groups attached to an aromatic ring is 1. The number of nitrogens with two attached hydrogens (primary N) is 1. The van der Waals surface area contributed by atoms with Gasteiger partial charge in [-0.1, -0.05) is 6.07 Å². The molecule has 11 heteroatoms. The van der Waals surface area contributed by atoms with Gasteiger partial charge < -0.3 is 31.5 Å². The number of rotatable bonds is 8. The Kier molecular flexibility index (Phi) is 6.22. The number of hydrogen-bond acceptors (Lipinski definition) is 9. The highest BCUT2D eigenvalue weighted by molar-refractivity contribution is 5.90. The van der Waals surface area contributed by atoms with Gasteiger partial charge in [0.2, 0.25) is 5.91 Å². The second-order valence-corrected chi connectivity index (χ2v) is 7.27. The molecule has 0 saturated heterocycles. The van der Waals surface area contributed by atoms with Crippen molar-refractivity contribution in [3.05, 3.63) is 54.4 Å². The van der Waals surface area contributed by atoms with Gasteiger partial charge in [0.25, 0.3) is 0 Å². The lowest BCUT2D eigenvalue weighted by Gasteiger charge is -2.13. The molecule has 4 aromatic rings. The van der Waals surface area contributed by atoms with Crippen LogP contribution in [0, 0.1) is 6.92 Å². The molecule has 0 spiro atoms. The Morgan fingerprint density at radius 3 is 2.67 bits per heavy atom. The maximum absolute atomic E-state index is 11.5. The molecule has 1 aromatic carbocycles. The Hall–Kier alpha value is -4.38. The molecule has 4 rings (SSSR count). The van der Waals surface area contributed by atoms with Crippen LogP contribution in [0.15, 0.2) is 48.8 Å². The van der Waals surface area contributed by atoms with Crippen molar-refractivity contribution in [3.8, 4) is 5.75 Å². The predicted molar refractivity (Wildman–Crippen MR) is 126 cm³/mol. The van der Waals surface area contributed by atoms with E-state index in [4.69, 9.17) is 15.6 Å². The first-order valence-corrected chi connectivity index (χ1v) is 10.2. The average molecular weight is 448 g/mol. The van der Waals surface area contributed by atoms with E-state index in [-0.39, 0.29) is 19.1 Å². The highest BCUT2D eigenvalue weighted by atomic mass is 16.5. The molecule has 3 aromatic heterocycles. The normalized spacial score (nSPS) is 10.8. The number of carbonyl (C=O) groups is 1. The van der Waals surface area contributed by atoms with Crippen LogP contribution in [0.5, 0.6) is 5.75 Å². The fourth-order valence-electron chi connectivity index (χ4n) is 3.15. The summed E-state index contributed by atoms with van der Waals surface area (Å²) < 4.78 is 6.86. The van der Waals surface area contributed by atoms with E-state index in [1.165, 1.54) is 17.6 Å². The summed E-state index contributed by atoms with van der Waals surface area (Å²) in [5, 5.41) is 22.7. The van der Waals surface area contributed by atoms with E-state index in [9.17, 15) is 4.79 Å². The molecular weight excluding hydrogens is 424 g/mol. The molecule has 33 heavy (non-hydrogen) atoms. The second kappa shape index (κ2) is 9.40. The fraction of sp³-hybridized carbons (Fsp3) is 0.182. The number of ether oxygens (including phenoxy) is 1. The molecular formula is C22H24N8O3. The SMILES string of the molecule is CC(=O)Nc1cc(Nc2cc(Nc3ccc(OCCO)cn3)c3ncc(N)n3n2)ccc1C. The van der Waals surface area contributed by atoms with E-state index < -0.39 is 0 Å². The van der Waals surface area contributed by atoms with Crippen LogP contribution in [0.1, 0.15) is 12.5 Å². The topological polar surface area (TPSA) is 152 Å². The van der Waals surface area contributed by atoms with Gasteiger partial charge in [-0.05, 0) is 36.8 Å². The van der Waals surface area contributed by atoms with E-state index in [1.54, 1.807) is 24.4 Å². The van der Waals surface area contributed by atoms with Gasteiger partial charge in [-0.15, -0.1) is 5.10 Å². The molecule has 0 atom stereocenters. The maximum Gasteiger partial charge on any atom is 0.221 e. The predicted octanol–water partition coefficient (Wildman–Crippen LogP) is 2.83. The summed E-state index contributed by atoms with van der Waals surface area (Å²) in [6, 6.07) is 10.9. The van der Waals surface area contributed by atoms with Crippen molar-refractivity contribution in [1.29, 1.82) is 0 Å². The number of benzene rings is 1. The van der Waals surface area contributed by atoms with E-state index >= 15 is 0 Å². The Labute approximate surface area is 189 Å². The van der Waals surface area contributed by atoms with Crippen LogP contribution in [0.25, 0.3) is 5.65 Å². The molecule has 6 N–H and O–H groups in total. The summed E-state index contributed by atoms with van der Waals surface area (Å²) in [5.74, 6) is 1.86. The number of aromatic nitrogens is 4. The van der Waals surface area contributed by atoms with Crippen LogP contribution >= 0.6 is 0 Å². The van der Waals surface area contributed by atoms with Gasteiger partial charge >= 0.3 is 0 Å². The Morgan fingerprint density at radius 1 is 1.09 bits per heavy atom. The second-order valence-electron chi connectivity index (χ2n) is 7.27. The fourth-order valence-corrected chi connectivity index (χ4v) is 3.15. The molecule has 0 unspecified atom stereocenters. The number of aliphatic hydroxyl groups excluding tert-OH is 1. The van der Waals surface area contributed by atoms with Crippen molar-refractivity contribution in [1.82, 2.24) is 19.6 Å². The molecule has 0 saturated carbocycles. The van der Waals surface area contributed by atoms with Crippen molar-refractivity contribution >= 4 is 46.1 Å². The molecule has 0 aliphatic carbocycles. The van der Waals surface area contributed by atoms with Crippen LogP contribution in [0.2, 0.25) is 0 Å². The Balaban J connectivity index is 1.63. The van der Waals surface area contributed by atoms with Gasteiger partial charge in [0, 0.05) is 24.4 Å². The van der Waals surface area contributed by atoms with Gasteiger partial charge in [0.15, 0.2) is 11.5 Å². The zero-order valence-electron chi connectivity index (χ0n) is 18.2. The van der Waals surface area contributed by atoms with Crippen molar-refractivity contribution < 1.29 is 14.6 Å². The number of anilines is 6. The van der Waals surface area contributed by atoms with Gasteiger partial charge in [0.1, 0.15) is 24.0 Å². The van der Waals surface area contributed by atoms with Crippen molar-refractivity contribution in [3.63, 3.8) is 0 Å². The Morgan fingerprint density at radius 2 is 1.94 bits per heavy atom. The quantitative estimate of drug-likeness (QED) is 0.274. The molecule has 170 valence electrons. The summed E-state index contributed by atoms with van der Waals surface area (Å²) in [7, 11) is 0. The zero-order chi connectivity index (χ0) is 23.4. The molecule has 0 aliphatic heterocycles. The number of pyridine rings is 1. The molecule has 0 radical (unpaired) electrons. The van der Waals surface area contributed by atoms with Crippen molar-refractivity contribution in [2.24, 2.45) is 0 Å². The third-order valence-electron chi connectivity index (χ3n) is 4.67. The van der Waals surface area contributed by atoms with Crippen LogP contribution in [-0.4, -0.2) is 43.8 Å². The summed E-state index contributed by atoms with van der Waals surface area (Å²) >= 11 is 0. The number of fused-ring (bicyclic) bond motifs is 1. The number of carbonyl (C=O) groups excluding carboxylic acids is 1. The number of amides is 1. The third kappa shape index (κ3) is 5.10. The van der Waals surface area contributed by atoms with E-state index in [0.717, 1.165) is 11.3 Å². The van der Waals surface area contributed by atoms with Gasteiger partial charge in [-0.2, -0.15) is 4.52 Å². The van der Waals surface area contributed by atoms with Crippen LogP contribution in [-0.2, 0) is 4.79 Å². The summed E-state index contributed by atoms with van der Waals surface area (Å²) in [5.41, 5.74) is 9.61. The molecule has 3 heterocycles. The first kappa shape index (κ1) is 21.8. The minimum Gasteiger partial charge on any atom is -0.490 e. The van der Waals surface area contributed by atoms with Crippen molar-refractivity contribution in [2.45, 2.75) is 13.8 Å². The Bertz CT molecular complexity index is 1290. The monoisotopic (exact) mass is 448 g/mol. The number of hydrogen-bond donors (Lipinski definition) is 5. The van der Waals surface area contributed by atoms with E-state index in [0.29, 0.717) is 40.2 Å². The highest BCUT2D eigenvalue weighted by Crippen LogP contribution is 2.28. The average Bonchev–Trinajstić information content (AvgIpc) is 3.16. The molecule has 1 amide bonds. The standard InChI is InChI=1S/C22H24N8O3/c1-13-3-4-15(9-17(13)26-14(2)32)27-21-10-18(22-25-12-19(23)30(22)29-21)28-20-6-5-16(11-24-20)33-8-7-31/h3-6,9-12,31H,7-8,23H2,1-2H3,(H,24,28)(H,26,32)(H,27,29). The number of imidazole rings is 1. The molecule has 0 fully saturated rings. The summed E-state index contributed by atoms with van der Waals surface area (Å²) in [6.07, 6.45) is 3.09. The first-order chi connectivity index (χ1) is 15.9. The van der Waals surface area contributed by atoms with E-state index in [2.05, 4.69) is 31.0 Å². The highest BCUT2D eigenvalue weighted by Gasteiger charge is 2.12. The van der Waals surface area contributed by atoms with Gasteiger partial charge in [-0.25, -0.2) is 9.97 Å². The maximum atomic E-state index is 11.5. The lowest BCUT2D eigenvalue weighted by atomic mass is 10.1. The van der Waals surface area contributed by atoms with Crippen LogP contribution in [0.3, 0.4) is 0 Å². The molecule has 0 bridgehead atoms. The van der Waals surface area contributed by atoms with Crippen LogP contribution < -0.4 is 26.4 Å². The van der Waals surface area contributed by atoms with E-state index in [1.807, 2.05) is 25.1 Å². The summed E-state index contributed by atoms with van der Waals surface area (Å²) in [4.78, 5) is 20.2. The first-order valence-electron chi connectivity index (χ1n) is 10.2.